The summed E-state index contributed by atoms with van der Waals surface area (Å²) in [6.45, 7) is 7.27. The minimum absolute atomic E-state index is 0.00121. The van der Waals surface area contributed by atoms with Crippen LogP contribution in [-0.4, -0.2) is 66.1 Å². The van der Waals surface area contributed by atoms with Gasteiger partial charge in [0.1, 0.15) is 11.6 Å². The molecule has 254 valence electrons. The number of hydrogen-bond acceptors (Lipinski definition) is 5. The molecule has 3 aliphatic heterocycles. The van der Waals surface area contributed by atoms with Gasteiger partial charge in [-0.15, -0.1) is 0 Å². The Morgan fingerprint density at radius 3 is 2.54 bits per heavy atom. The van der Waals surface area contributed by atoms with Crippen molar-refractivity contribution in [1.29, 1.82) is 0 Å². The van der Waals surface area contributed by atoms with Crippen molar-refractivity contribution in [3.63, 3.8) is 0 Å². The third-order valence-corrected chi connectivity index (χ3v) is 10.4. The first-order valence-electron chi connectivity index (χ1n) is 17.4. The molecule has 3 atom stereocenters. The van der Waals surface area contributed by atoms with E-state index in [0.29, 0.717) is 43.8 Å². The van der Waals surface area contributed by atoms with Crippen molar-refractivity contribution < 1.29 is 28.6 Å². The molecule has 0 spiro atoms. The van der Waals surface area contributed by atoms with E-state index in [1.807, 2.05) is 46.2 Å². The number of carbonyl (C=O) groups is 3. The second kappa shape index (κ2) is 14.5. The van der Waals surface area contributed by atoms with Crippen LogP contribution < -0.4 is 14.5 Å². The number of anilines is 2. The van der Waals surface area contributed by atoms with Gasteiger partial charge in [0.05, 0.1) is 25.5 Å². The van der Waals surface area contributed by atoms with Gasteiger partial charge in [-0.05, 0) is 78.8 Å². The first-order chi connectivity index (χ1) is 23.2. The van der Waals surface area contributed by atoms with E-state index in [4.69, 9.17) is 4.74 Å². The predicted octanol–water partition coefficient (Wildman–Crippen LogP) is 6.52. The Kier molecular flexibility index (Phi) is 10.2. The van der Waals surface area contributed by atoms with Gasteiger partial charge in [-0.1, -0.05) is 57.0 Å². The second-order valence-corrected chi connectivity index (χ2v) is 13.5. The molecule has 1 N–H and O–H groups in total. The van der Waals surface area contributed by atoms with Crippen LogP contribution in [0.15, 0.2) is 60.7 Å². The number of likely N-dealkylation sites (tertiary alicyclic amines) is 1. The number of aliphatic carboxylic acids is 1. The molecule has 9 heteroatoms. The van der Waals surface area contributed by atoms with Gasteiger partial charge < -0.3 is 19.6 Å². The Labute approximate surface area is 282 Å². The quantitative estimate of drug-likeness (QED) is 0.226. The molecule has 2 amide bonds. The van der Waals surface area contributed by atoms with E-state index in [1.54, 1.807) is 24.0 Å². The molecule has 0 aromatic heterocycles. The van der Waals surface area contributed by atoms with Crippen molar-refractivity contribution in [3.8, 4) is 5.75 Å². The summed E-state index contributed by atoms with van der Waals surface area (Å²) in [4.78, 5) is 46.4. The Hall–Kier alpha value is -4.24. The number of nitrogens with zero attached hydrogens (tertiary/aromatic N) is 3. The molecule has 0 radical (unpaired) electrons. The van der Waals surface area contributed by atoms with E-state index >= 15 is 0 Å². The average Bonchev–Trinajstić information content (AvgIpc) is 3.76. The molecule has 3 aromatic carbocycles. The zero-order chi connectivity index (χ0) is 33.9. The Bertz CT molecular complexity index is 1670. The SMILES string of the molecule is CCCC(CCC)N(C(=O)CN1CC(c2ccc3c(c2)CCO3)C(C(=O)O)C1CCN1C(=O)Cc2ccccc21)c1ccc(F)c(C)c1. The monoisotopic (exact) mass is 655 g/mol. The molecule has 0 bridgehead atoms. The lowest BCUT2D eigenvalue weighted by atomic mass is 9.83. The van der Waals surface area contributed by atoms with Crippen LogP contribution >= 0.6 is 0 Å². The maximum absolute atomic E-state index is 14.5. The Balaban J connectivity index is 1.34. The maximum atomic E-state index is 14.5. The number of rotatable bonds is 13. The number of carboxylic acids is 1. The smallest absolute Gasteiger partial charge is 0.308 e. The van der Waals surface area contributed by atoms with Crippen LogP contribution in [0, 0.1) is 18.7 Å². The fourth-order valence-corrected chi connectivity index (χ4v) is 8.11. The van der Waals surface area contributed by atoms with Crippen molar-refractivity contribution in [3.05, 3.63) is 88.7 Å². The summed E-state index contributed by atoms with van der Waals surface area (Å²) in [5.74, 6) is -1.66. The van der Waals surface area contributed by atoms with Crippen LogP contribution in [0.1, 0.15) is 74.1 Å². The third kappa shape index (κ3) is 6.70. The number of aryl methyl sites for hydroxylation is 1. The normalized spacial score (nSPS) is 20.2. The molecule has 1 saturated heterocycles. The highest BCUT2D eigenvalue weighted by Gasteiger charge is 2.48. The van der Waals surface area contributed by atoms with Gasteiger partial charge in [0.2, 0.25) is 11.8 Å². The van der Waals surface area contributed by atoms with Crippen LogP contribution in [-0.2, 0) is 27.2 Å². The molecule has 8 nitrogen and oxygen atoms in total. The zero-order valence-electron chi connectivity index (χ0n) is 28.2. The molecule has 6 rings (SSSR count). The first kappa shape index (κ1) is 33.7. The summed E-state index contributed by atoms with van der Waals surface area (Å²) in [6, 6.07) is 17.9. The van der Waals surface area contributed by atoms with E-state index in [9.17, 15) is 23.9 Å². The van der Waals surface area contributed by atoms with E-state index in [0.717, 1.165) is 60.2 Å². The van der Waals surface area contributed by atoms with Gasteiger partial charge in [0, 0.05) is 48.9 Å². The number of fused-ring (bicyclic) bond motifs is 2. The third-order valence-electron chi connectivity index (χ3n) is 10.4. The lowest BCUT2D eigenvalue weighted by Crippen LogP contribution is -2.48. The van der Waals surface area contributed by atoms with Gasteiger partial charge >= 0.3 is 5.97 Å². The average molecular weight is 656 g/mol. The molecular formula is C39H46FN3O5. The first-order valence-corrected chi connectivity index (χ1v) is 17.4. The van der Waals surface area contributed by atoms with Crippen LogP contribution in [0.5, 0.6) is 5.75 Å². The van der Waals surface area contributed by atoms with Crippen LogP contribution in [0.4, 0.5) is 15.8 Å². The minimum Gasteiger partial charge on any atom is -0.493 e. The summed E-state index contributed by atoms with van der Waals surface area (Å²) < 4.78 is 20.1. The summed E-state index contributed by atoms with van der Waals surface area (Å²) in [5.41, 5.74) is 4.96. The fraction of sp³-hybridized carbons (Fsp3) is 0.462. The highest BCUT2D eigenvalue weighted by Crippen LogP contribution is 2.42. The van der Waals surface area contributed by atoms with E-state index in [-0.39, 0.29) is 36.1 Å². The van der Waals surface area contributed by atoms with Crippen LogP contribution in [0.2, 0.25) is 0 Å². The van der Waals surface area contributed by atoms with Gasteiger partial charge in [-0.2, -0.15) is 0 Å². The lowest BCUT2D eigenvalue weighted by Gasteiger charge is -2.35. The molecule has 1 fully saturated rings. The largest absolute Gasteiger partial charge is 0.493 e. The zero-order valence-corrected chi connectivity index (χ0v) is 28.2. The van der Waals surface area contributed by atoms with Gasteiger partial charge in [0.25, 0.3) is 0 Å². The predicted molar refractivity (Wildman–Crippen MR) is 184 cm³/mol. The Morgan fingerprint density at radius 2 is 1.81 bits per heavy atom. The summed E-state index contributed by atoms with van der Waals surface area (Å²) in [6.07, 6.45) is 4.87. The van der Waals surface area contributed by atoms with Crippen LogP contribution in [0.3, 0.4) is 0 Å². The second-order valence-electron chi connectivity index (χ2n) is 13.5. The molecule has 3 aliphatic rings. The van der Waals surface area contributed by atoms with Crippen LogP contribution in [0.25, 0.3) is 0 Å². The van der Waals surface area contributed by atoms with Gasteiger partial charge in [-0.3, -0.25) is 19.3 Å². The highest BCUT2D eigenvalue weighted by atomic mass is 19.1. The molecule has 0 aliphatic carbocycles. The van der Waals surface area contributed by atoms with Crippen molar-refractivity contribution in [2.45, 2.75) is 83.7 Å². The minimum atomic E-state index is -0.911. The van der Waals surface area contributed by atoms with Gasteiger partial charge in [-0.25, -0.2) is 4.39 Å². The molecular weight excluding hydrogens is 609 g/mol. The molecule has 48 heavy (non-hydrogen) atoms. The lowest BCUT2D eigenvalue weighted by molar-refractivity contribution is -0.143. The number of para-hydroxylation sites is 1. The number of carbonyl (C=O) groups excluding carboxylic acids is 2. The number of amides is 2. The van der Waals surface area contributed by atoms with Gasteiger partial charge in [0.15, 0.2) is 0 Å². The molecule has 3 aromatic rings. The van der Waals surface area contributed by atoms with Crippen molar-refractivity contribution in [2.24, 2.45) is 5.92 Å². The number of halogens is 1. The molecule has 0 saturated carbocycles. The summed E-state index contributed by atoms with van der Waals surface area (Å²) in [5, 5.41) is 10.8. The van der Waals surface area contributed by atoms with E-state index < -0.39 is 17.9 Å². The highest BCUT2D eigenvalue weighted by molar-refractivity contribution is 6.01. The fourth-order valence-electron chi connectivity index (χ4n) is 8.11. The number of ether oxygens (including phenoxy) is 1. The molecule has 3 heterocycles. The van der Waals surface area contributed by atoms with Crippen molar-refractivity contribution in [2.75, 3.05) is 36.0 Å². The topological polar surface area (TPSA) is 90.4 Å². The maximum Gasteiger partial charge on any atom is 0.308 e. The van der Waals surface area contributed by atoms with Crippen molar-refractivity contribution >= 4 is 29.2 Å². The molecule has 3 unspecified atom stereocenters. The van der Waals surface area contributed by atoms with E-state index in [1.165, 1.54) is 6.07 Å². The summed E-state index contributed by atoms with van der Waals surface area (Å²) in [7, 11) is 0. The number of benzene rings is 3. The summed E-state index contributed by atoms with van der Waals surface area (Å²) >= 11 is 0. The Morgan fingerprint density at radius 1 is 1.04 bits per heavy atom. The number of hydrogen-bond donors (Lipinski definition) is 1. The van der Waals surface area contributed by atoms with E-state index in [2.05, 4.69) is 19.9 Å². The number of carboxylic acid groups (broad SMARTS) is 1. The van der Waals surface area contributed by atoms with Crippen molar-refractivity contribution in [1.82, 2.24) is 4.90 Å². The standard InChI is InChI=1S/C39H46FN3O5/c1-4-8-29(9-5-2)43(30-13-14-32(40)25(3)20-30)37(45)24-41-23-31(26-12-15-35-28(21-26)17-19-48-35)38(39(46)47)34(41)16-18-42-33-11-7-6-10-27(33)22-36(42)44/h6-7,10-15,20-21,29,31,34,38H,4-5,8-9,16-19,22-24H2,1-3H3,(H,46,47).